The third kappa shape index (κ3) is 7.25. The van der Waals surface area contributed by atoms with E-state index in [0.717, 1.165) is 12.3 Å². The molecule has 254 valence electrons. The van der Waals surface area contributed by atoms with E-state index in [-0.39, 0.29) is 17.7 Å². The Labute approximate surface area is 276 Å². The van der Waals surface area contributed by atoms with Gasteiger partial charge in [0.15, 0.2) is 35.0 Å². The lowest BCUT2D eigenvalue weighted by Crippen LogP contribution is -2.47. The van der Waals surface area contributed by atoms with Crippen LogP contribution in [0.4, 0.5) is 14.6 Å². The van der Waals surface area contributed by atoms with Gasteiger partial charge in [-0.3, -0.25) is 9.36 Å². The first-order valence-corrected chi connectivity index (χ1v) is 17.6. The van der Waals surface area contributed by atoms with E-state index in [2.05, 4.69) is 25.4 Å². The summed E-state index contributed by atoms with van der Waals surface area (Å²) in [6.45, 7) is 5.14. The number of aliphatic hydroxyl groups is 1. The number of hydrogen-bond donors (Lipinski definition) is 3. The molecular formula is C31H39F2N6O6PS. The predicted molar refractivity (Wildman–Crippen MR) is 177 cm³/mol. The highest BCUT2D eigenvalue weighted by molar-refractivity contribution is 8.09. The van der Waals surface area contributed by atoms with Crippen molar-refractivity contribution in [1.82, 2.24) is 24.6 Å². The summed E-state index contributed by atoms with van der Waals surface area (Å²) in [4.78, 5) is 25.8. The van der Waals surface area contributed by atoms with Crippen LogP contribution < -0.4 is 14.9 Å². The smallest absolute Gasteiger partial charge is 0.323 e. The molecule has 5 rings (SSSR count). The second-order valence-electron chi connectivity index (χ2n) is 12.9. The van der Waals surface area contributed by atoms with Crippen LogP contribution in [0.1, 0.15) is 46.7 Å². The number of carbonyl (C=O) groups excluding carboxylic acids is 1. The monoisotopic (exact) mass is 692 g/mol. The van der Waals surface area contributed by atoms with Gasteiger partial charge in [-0.1, -0.05) is 57.2 Å². The first-order valence-electron chi connectivity index (χ1n) is 15.0. The molecule has 0 spiro atoms. The van der Waals surface area contributed by atoms with E-state index in [9.17, 15) is 9.90 Å². The minimum atomic E-state index is -3.84. The van der Waals surface area contributed by atoms with Crippen molar-refractivity contribution in [2.75, 3.05) is 25.6 Å². The fourth-order valence-corrected chi connectivity index (χ4v) is 7.50. The Morgan fingerprint density at radius 2 is 1.91 bits per heavy atom. The lowest BCUT2D eigenvalue weighted by atomic mass is 9.97. The standard InChI is InChI=1S/C31H39F2N6O6PS/c1-18(26(40)42-15-29(3,4)5)38-46(47,45-22-14-10-12-20-11-8-9-13-21(20)22)43-16-31(33)27(41)30(6,32)28(44-31)39-17-35-23-24(34-7)36-19(2)37-25(23)39/h8-14,17-18,27-28,41H,15-16H2,1-7H3,(H,38,47)(H,34,36,37)/t18-,27-,28+,30+,31+,46-/m0/s1. The van der Waals surface area contributed by atoms with Crippen LogP contribution in [-0.2, 0) is 30.6 Å². The van der Waals surface area contributed by atoms with Gasteiger partial charge in [-0.15, -0.1) is 0 Å². The minimum absolute atomic E-state index is 0.138. The highest BCUT2D eigenvalue weighted by atomic mass is 32.5. The van der Waals surface area contributed by atoms with E-state index < -0.39 is 49.1 Å². The SMILES string of the molecule is CNc1nc(C)nc2c1ncn2[C@@H]1O[C@](F)(CO[P@@](=S)(N[C@@H](C)C(=O)OCC(C)(C)C)Oc2cccc3ccccc23)[C@@H](O)[C@@]1(C)F. The van der Waals surface area contributed by atoms with Gasteiger partial charge in [0.1, 0.15) is 24.2 Å². The normalized spacial score (nSPS) is 25.1. The van der Waals surface area contributed by atoms with Crippen molar-refractivity contribution in [3.05, 3.63) is 54.6 Å². The molecular weight excluding hydrogens is 653 g/mol. The molecule has 12 nitrogen and oxygen atoms in total. The summed E-state index contributed by atoms with van der Waals surface area (Å²) in [7, 11) is 1.64. The summed E-state index contributed by atoms with van der Waals surface area (Å²) in [6.07, 6.45) is -2.80. The zero-order valence-corrected chi connectivity index (χ0v) is 28.9. The number of hydrogen-bond acceptors (Lipinski definition) is 11. The summed E-state index contributed by atoms with van der Waals surface area (Å²) in [6, 6.07) is 11.6. The molecule has 0 aliphatic carbocycles. The molecule has 1 saturated heterocycles. The van der Waals surface area contributed by atoms with Crippen LogP contribution in [0.25, 0.3) is 21.9 Å². The van der Waals surface area contributed by atoms with E-state index in [1.165, 1.54) is 17.8 Å². The van der Waals surface area contributed by atoms with Gasteiger partial charge < -0.3 is 28.9 Å². The Kier molecular flexibility index (Phi) is 9.63. The quantitative estimate of drug-likeness (QED) is 0.135. The summed E-state index contributed by atoms with van der Waals surface area (Å²) in [5.74, 6) is -2.70. The number of aliphatic hydroxyl groups excluding tert-OH is 1. The van der Waals surface area contributed by atoms with Crippen molar-refractivity contribution in [2.24, 2.45) is 5.41 Å². The van der Waals surface area contributed by atoms with Crippen LogP contribution in [0, 0.1) is 12.3 Å². The lowest BCUT2D eigenvalue weighted by molar-refractivity contribution is -0.202. The Hall–Kier alpha value is -3.33. The van der Waals surface area contributed by atoms with E-state index >= 15 is 8.78 Å². The van der Waals surface area contributed by atoms with Crippen molar-refractivity contribution in [1.29, 1.82) is 0 Å². The molecule has 0 saturated carbocycles. The number of nitrogens with zero attached hydrogens (tertiary/aromatic N) is 4. The summed E-state index contributed by atoms with van der Waals surface area (Å²) < 4.78 is 57.3. The topological polar surface area (TPSA) is 142 Å². The number of rotatable bonds is 11. The second kappa shape index (κ2) is 12.9. The van der Waals surface area contributed by atoms with Crippen molar-refractivity contribution in [3.8, 4) is 5.75 Å². The van der Waals surface area contributed by atoms with Gasteiger partial charge in [0, 0.05) is 12.4 Å². The van der Waals surface area contributed by atoms with Gasteiger partial charge in [-0.05, 0) is 49.4 Å². The molecule has 4 aromatic rings. The molecule has 3 heterocycles. The van der Waals surface area contributed by atoms with E-state index in [4.69, 9.17) is 30.3 Å². The number of nitrogens with one attached hydrogen (secondary N) is 2. The van der Waals surface area contributed by atoms with Crippen LogP contribution in [-0.4, -0.2) is 74.5 Å². The van der Waals surface area contributed by atoms with Crippen molar-refractivity contribution < 1.29 is 37.2 Å². The molecule has 2 aromatic carbocycles. The lowest BCUT2D eigenvalue weighted by Gasteiger charge is -2.30. The number of ether oxygens (including phenoxy) is 2. The summed E-state index contributed by atoms with van der Waals surface area (Å²) in [5.41, 5.74) is -2.50. The van der Waals surface area contributed by atoms with Crippen LogP contribution in [0.3, 0.4) is 0 Å². The fraction of sp³-hybridized carbons (Fsp3) is 0.484. The average molecular weight is 693 g/mol. The largest absolute Gasteiger partial charge is 0.464 e. The van der Waals surface area contributed by atoms with Crippen LogP contribution in [0.15, 0.2) is 48.8 Å². The summed E-state index contributed by atoms with van der Waals surface area (Å²) >= 11 is 5.81. The third-order valence-corrected chi connectivity index (χ3v) is 9.97. The number of halogens is 2. The van der Waals surface area contributed by atoms with Gasteiger partial charge >= 0.3 is 12.6 Å². The maximum Gasteiger partial charge on any atom is 0.323 e. The first kappa shape index (κ1) is 35.0. The predicted octanol–water partition coefficient (Wildman–Crippen LogP) is 5.50. The molecule has 3 N–H and O–H groups in total. The number of anilines is 1. The Morgan fingerprint density at radius 3 is 2.62 bits per heavy atom. The van der Waals surface area contributed by atoms with E-state index in [1.807, 2.05) is 51.1 Å². The maximum atomic E-state index is 16.6. The maximum absolute atomic E-state index is 16.6. The molecule has 16 heteroatoms. The van der Waals surface area contributed by atoms with E-state index in [0.29, 0.717) is 28.3 Å². The van der Waals surface area contributed by atoms with E-state index in [1.54, 1.807) is 26.1 Å². The first-order chi connectivity index (χ1) is 22.0. The van der Waals surface area contributed by atoms with Crippen molar-refractivity contribution in [2.45, 2.75) is 71.4 Å². The van der Waals surface area contributed by atoms with Gasteiger partial charge in [0.2, 0.25) is 0 Å². The highest BCUT2D eigenvalue weighted by Crippen LogP contribution is 2.53. The number of imidazole rings is 1. The number of alkyl halides is 2. The van der Waals surface area contributed by atoms with Crippen LogP contribution >= 0.6 is 6.64 Å². The molecule has 1 aliphatic heterocycles. The fourth-order valence-electron chi connectivity index (χ4n) is 5.10. The molecule has 0 bridgehead atoms. The second-order valence-corrected chi connectivity index (χ2v) is 16.0. The van der Waals surface area contributed by atoms with Crippen molar-refractivity contribution >= 4 is 52.2 Å². The molecule has 0 radical (unpaired) electrons. The zero-order chi connectivity index (χ0) is 34.4. The van der Waals surface area contributed by atoms with Gasteiger partial charge in [-0.25, -0.2) is 28.8 Å². The number of aryl methyl sites for hydroxylation is 1. The number of esters is 1. The van der Waals surface area contributed by atoms with Crippen molar-refractivity contribution in [3.63, 3.8) is 0 Å². The highest BCUT2D eigenvalue weighted by Gasteiger charge is 2.65. The number of fused-ring (bicyclic) bond motifs is 2. The van der Waals surface area contributed by atoms with Gasteiger partial charge in [0.05, 0.1) is 12.9 Å². The molecule has 6 atom stereocenters. The zero-order valence-electron chi connectivity index (χ0n) is 27.2. The third-order valence-electron chi connectivity index (χ3n) is 7.51. The van der Waals surface area contributed by atoms with Crippen LogP contribution in [0.5, 0.6) is 5.75 Å². The number of benzene rings is 2. The van der Waals surface area contributed by atoms with Gasteiger partial charge in [-0.2, -0.15) is 0 Å². The Balaban J connectivity index is 1.44. The molecule has 1 fully saturated rings. The Morgan fingerprint density at radius 1 is 1.21 bits per heavy atom. The molecule has 47 heavy (non-hydrogen) atoms. The summed E-state index contributed by atoms with van der Waals surface area (Å²) in [5, 5.41) is 18.3. The molecule has 1 aliphatic rings. The van der Waals surface area contributed by atoms with Crippen LogP contribution in [0.2, 0.25) is 0 Å². The Bertz CT molecular complexity index is 1830. The number of carbonyl (C=O) groups is 1. The molecule has 0 amide bonds. The van der Waals surface area contributed by atoms with Gasteiger partial charge in [0.25, 0.3) is 5.85 Å². The number of aromatic nitrogens is 4. The average Bonchev–Trinajstić information content (AvgIpc) is 3.50. The molecule has 0 unspecified atom stereocenters. The molecule has 2 aromatic heterocycles. The minimum Gasteiger partial charge on any atom is -0.464 e.